The van der Waals surface area contributed by atoms with Gasteiger partial charge in [-0.2, -0.15) is 0 Å². The van der Waals surface area contributed by atoms with Crippen LogP contribution in [0.1, 0.15) is 70.6 Å². The van der Waals surface area contributed by atoms with Gasteiger partial charge in [0.05, 0.1) is 0 Å². The molecule has 3 nitrogen and oxygen atoms in total. The molecular formula is C15H29NO2. The average Bonchev–Trinajstić information content (AvgIpc) is 2.37. The Labute approximate surface area is 111 Å². The SMILES string of the molecule is O=C(O)CCCCCCCCCC1CCCNC1. The fourth-order valence-electron chi connectivity index (χ4n) is 2.76. The Morgan fingerprint density at radius 3 is 2.33 bits per heavy atom. The molecule has 18 heavy (non-hydrogen) atoms. The largest absolute Gasteiger partial charge is 0.481 e. The summed E-state index contributed by atoms with van der Waals surface area (Å²) in [6.45, 7) is 2.45. The van der Waals surface area contributed by atoms with E-state index in [0.29, 0.717) is 6.42 Å². The van der Waals surface area contributed by atoms with E-state index in [-0.39, 0.29) is 0 Å². The lowest BCUT2D eigenvalue weighted by Gasteiger charge is -2.22. The zero-order chi connectivity index (χ0) is 13.1. The number of carboxylic acids is 1. The average molecular weight is 255 g/mol. The summed E-state index contributed by atoms with van der Waals surface area (Å²) in [5.74, 6) is 0.269. The van der Waals surface area contributed by atoms with Crippen LogP contribution in [-0.4, -0.2) is 24.2 Å². The molecule has 0 saturated carbocycles. The van der Waals surface area contributed by atoms with Crippen molar-refractivity contribution in [1.29, 1.82) is 0 Å². The second-order valence-corrected chi connectivity index (χ2v) is 5.62. The van der Waals surface area contributed by atoms with E-state index in [0.717, 1.165) is 18.8 Å². The molecule has 1 aliphatic heterocycles. The molecule has 0 amide bonds. The maximum absolute atomic E-state index is 10.3. The monoisotopic (exact) mass is 255 g/mol. The lowest BCUT2D eigenvalue weighted by Crippen LogP contribution is -2.29. The zero-order valence-electron chi connectivity index (χ0n) is 11.6. The third kappa shape index (κ3) is 8.51. The van der Waals surface area contributed by atoms with Crippen molar-refractivity contribution in [3.05, 3.63) is 0 Å². The molecule has 1 saturated heterocycles. The number of carbonyl (C=O) groups is 1. The van der Waals surface area contributed by atoms with E-state index in [9.17, 15) is 4.79 Å². The maximum atomic E-state index is 10.3. The minimum absolute atomic E-state index is 0.342. The highest BCUT2D eigenvalue weighted by Gasteiger charge is 2.11. The molecular weight excluding hydrogens is 226 g/mol. The number of piperidine rings is 1. The molecule has 0 aromatic rings. The van der Waals surface area contributed by atoms with Gasteiger partial charge in [-0.3, -0.25) is 4.79 Å². The predicted octanol–water partition coefficient (Wildman–Crippen LogP) is 3.58. The molecule has 1 rings (SSSR count). The summed E-state index contributed by atoms with van der Waals surface area (Å²) in [6.07, 6.45) is 13.0. The summed E-state index contributed by atoms with van der Waals surface area (Å²) in [5, 5.41) is 12.0. The second kappa shape index (κ2) is 10.4. The Kier molecular flexibility index (Phi) is 8.92. The van der Waals surface area contributed by atoms with E-state index in [1.165, 1.54) is 64.5 Å². The molecule has 0 aromatic carbocycles. The van der Waals surface area contributed by atoms with E-state index in [4.69, 9.17) is 5.11 Å². The van der Waals surface area contributed by atoms with Crippen molar-refractivity contribution in [2.45, 2.75) is 70.6 Å². The lowest BCUT2D eigenvalue weighted by molar-refractivity contribution is -0.137. The molecule has 0 bridgehead atoms. The third-order valence-corrected chi connectivity index (χ3v) is 3.90. The van der Waals surface area contributed by atoms with Gasteiger partial charge in [-0.05, 0) is 44.7 Å². The van der Waals surface area contributed by atoms with Crippen LogP contribution in [0.5, 0.6) is 0 Å². The van der Waals surface area contributed by atoms with Gasteiger partial charge < -0.3 is 10.4 Å². The van der Waals surface area contributed by atoms with Crippen LogP contribution < -0.4 is 5.32 Å². The second-order valence-electron chi connectivity index (χ2n) is 5.62. The van der Waals surface area contributed by atoms with E-state index < -0.39 is 5.97 Å². The molecule has 0 aromatic heterocycles. The van der Waals surface area contributed by atoms with Gasteiger partial charge >= 0.3 is 5.97 Å². The number of nitrogens with one attached hydrogen (secondary N) is 1. The highest BCUT2D eigenvalue weighted by molar-refractivity contribution is 5.66. The maximum Gasteiger partial charge on any atom is 0.303 e. The Hall–Kier alpha value is -0.570. The summed E-state index contributed by atoms with van der Waals surface area (Å²) < 4.78 is 0. The van der Waals surface area contributed by atoms with Gasteiger partial charge in [-0.1, -0.05) is 38.5 Å². The van der Waals surface area contributed by atoms with Crippen molar-refractivity contribution >= 4 is 5.97 Å². The fourth-order valence-corrected chi connectivity index (χ4v) is 2.76. The van der Waals surface area contributed by atoms with Gasteiger partial charge in [0.2, 0.25) is 0 Å². The van der Waals surface area contributed by atoms with Gasteiger partial charge in [-0.25, -0.2) is 0 Å². The first-order valence-electron chi connectivity index (χ1n) is 7.71. The van der Waals surface area contributed by atoms with Crippen LogP contribution in [0.4, 0.5) is 0 Å². The minimum Gasteiger partial charge on any atom is -0.481 e. The molecule has 1 fully saturated rings. The summed E-state index contributed by atoms with van der Waals surface area (Å²) in [4.78, 5) is 10.3. The first kappa shape index (κ1) is 15.5. The quantitative estimate of drug-likeness (QED) is 0.587. The number of aliphatic carboxylic acids is 1. The van der Waals surface area contributed by atoms with Gasteiger partial charge in [-0.15, -0.1) is 0 Å². The van der Waals surface area contributed by atoms with E-state index in [1.54, 1.807) is 0 Å². The smallest absolute Gasteiger partial charge is 0.303 e. The van der Waals surface area contributed by atoms with Gasteiger partial charge in [0.1, 0.15) is 0 Å². The van der Waals surface area contributed by atoms with Crippen molar-refractivity contribution in [3.63, 3.8) is 0 Å². The molecule has 1 heterocycles. The molecule has 0 aliphatic carbocycles. The van der Waals surface area contributed by atoms with Crippen LogP contribution in [0.25, 0.3) is 0 Å². The van der Waals surface area contributed by atoms with Crippen molar-refractivity contribution in [2.24, 2.45) is 5.92 Å². The molecule has 0 radical (unpaired) electrons. The fraction of sp³-hybridized carbons (Fsp3) is 0.933. The van der Waals surface area contributed by atoms with Crippen molar-refractivity contribution in [2.75, 3.05) is 13.1 Å². The minimum atomic E-state index is -0.656. The summed E-state index contributed by atoms with van der Waals surface area (Å²) in [7, 11) is 0. The first-order valence-corrected chi connectivity index (χ1v) is 7.71. The third-order valence-electron chi connectivity index (χ3n) is 3.90. The first-order chi connectivity index (χ1) is 8.79. The highest BCUT2D eigenvalue weighted by atomic mass is 16.4. The van der Waals surface area contributed by atoms with Gasteiger partial charge in [0.15, 0.2) is 0 Å². The standard InChI is InChI=1S/C15H29NO2/c17-15(18)11-7-5-3-1-2-4-6-9-14-10-8-12-16-13-14/h14,16H,1-13H2,(H,17,18). The number of hydrogen-bond donors (Lipinski definition) is 2. The molecule has 0 spiro atoms. The van der Waals surface area contributed by atoms with E-state index in [1.807, 2.05) is 0 Å². The van der Waals surface area contributed by atoms with Gasteiger partial charge in [0, 0.05) is 6.42 Å². The van der Waals surface area contributed by atoms with Crippen LogP contribution >= 0.6 is 0 Å². The Balaban J connectivity index is 1.76. The molecule has 1 unspecified atom stereocenters. The van der Waals surface area contributed by atoms with Crippen molar-refractivity contribution < 1.29 is 9.90 Å². The number of unbranched alkanes of at least 4 members (excludes halogenated alkanes) is 6. The Morgan fingerprint density at radius 2 is 1.72 bits per heavy atom. The van der Waals surface area contributed by atoms with Crippen LogP contribution in [0.3, 0.4) is 0 Å². The Morgan fingerprint density at radius 1 is 1.06 bits per heavy atom. The summed E-state index contributed by atoms with van der Waals surface area (Å²) in [5.41, 5.74) is 0. The van der Waals surface area contributed by atoms with E-state index in [2.05, 4.69) is 5.32 Å². The van der Waals surface area contributed by atoms with Crippen LogP contribution in [0.15, 0.2) is 0 Å². The topological polar surface area (TPSA) is 49.3 Å². The number of carboxylic acid groups (broad SMARTS) is 1. The highest BCUT2D eigenvalue weighted by Crippen LogP contribution is 2.18. The molecule has 3 heteroatoms. The summed E-state index contributed by atoms with van der Waals surface area (Å²) in [6, 6.07) is 0. The molecule has 1 atom stereocenters. The van der Waals surface area contributed by atoms with Gasteiger partial charge in [0.25, 0.3) is 0 Å². The Bertz CT molecular complexity index is 213. The zero-order valence-corrected chi connectivity index (χ0v) is 11.6. The predicted molar refractivity (Wildman–Crippen MR) is 74.8 cm³/mol. The van der Waals surface area contributed by atoms with Crippen molar-refractivity contribution in [3.8, 4) is 0 Å². The normalized spacial score (nSPS) is 19.9. The van der Waals surface area contributed by atoms with Crippen LogP contribution in [0, 0.1) is 5.92 Å². The molecule has 106 valence electrons. The number of rotatable bonds is 10. The van der Waals surface area contributed by atoms with Crippen LogP contribution in [0.2, 0.25) is 0 Å². The summed E-state index contributed by atoms with van der Waals surface area (Å²) >= 11 is 0. The number of hydrogen-bond acceptors (Lipinski definition) is 2. The molecule has 1 aliphatic rings. The van der Waals surface area contributed by atoms with E-state index >= 15 is 0 Å². The molecule has 2 N–H and O–H groups in total. The van der Waals surface area contributed by atoms with Crippen molar-refractivity contribution in [1.82, 2.24) is 5.32 Å². The lowest BCUT2D eigenvalue weighted by atomic mass is 9.93. The van der Waals surface area contributed by atoms with Crippen LogP contribution in [-0.2, 0) is 4.79 Å².